The van der Waals surface area contributed by atoms with Crippen molar-refractivity contribution in [2.24, 2.45) is 5.92 Å². The topological polar surface area (TPSA) is 12.5 Å². The van der Waals surface area contributed by atoms with E-state index in [1.165, 1.54) is 12.1 Å². The Kier molecular flexibility index (Phi) is 4.58. The number of benzene rings is 1. The van der Waals surface area contributed by atoms with E-state index in [-0.39, 0.29) is 6.10 Å². The molecule has 0 saturated heterocycles. The molecule has 5 heteroatoms. The van der Waals surface area contributed by atoms with Crippen LogP contribution in [0, 0.1) is 5.92 Å². The molecule has 20 heavy (non-hydrogen) atoms. The molecule has 1 aromatic rings. The van der Waals surface area contributed by atoms with Crippen LogP contribution in [-0.2, 0) is 6.18 Å². The third-order valence-corrected chi connectivity index (χ3v) is 3.48. The van der Waals surface area contributed by atoms with Gasteiger partial charge in [0.25, 0.3) is 0 Å². The standard InChI is InChI=1S/C15H20F3NO/c1-19(2)10-9-14(11-3-4-11)20-13-7-5-12(6-8-13)15(16,17)18/h5-8,11,14H,3-4,9-10H2,1-2H3. The van der Waals surface area contributed by atoms with Gasteiger partial charge in [0.1, 0.15) is 11.9 Å². The van der Waals surface area contributed by atoms with Crippen LogP contribution in [0.4, 0.5) is 13.2 Å². The summed E-state index contributed by atoms with van der Waals surface area (Å²) < 4.78 is 43.3. The van der Waals surface area contributed by atoms with Gasteiger partial charge in [0.2, 0.25) is 0 Å². The average Bonchev–Trinajstić information content (AvgIpc) is 3.18. The number of hydrogen-bond acceptors (Lipinski definition) is 2. The molecule has 1 aliphatic rings. The molecule has 0 heterocycles. The van der Waals surface area contributed by atoms with Gasteiger partial charge in [0.05, 0.1) is 5.56 Å². The van der Waals surface area contributed by atoms with Crippen molar-refractivity contribution in [3.8, 4) is 5.75 Å². The first-order valence-electron chi connectivity index (χ1n) is 6.85. The van der Waals surface area contributed by atoms with Crippen LogP contribution < -0.4 is 4.74 Å². The molecule has 1 atom stereocenters. The Morgan fingerprint density at radius 3 is 2.25 bits per heavy atom. The van der Waals surface area contributed by atoms with Crippen molar-refractivity contribution in [2.75, 3.05) is 20.6 Å². The van der Waals surface area contributed by atoms with E-state index in [1.54, 1.807) is 0 Å². The molecular formula is C15H20F3NO. The highest BCUT2D eigenvalue weighted by molar-refractivity contribution is 5.29. The molecule has 1 saturated carbocycles. The molecule has 1 aliphatic carbocycles. The molecule has 1 unspecified atom stereocenters. The largest absolute Gasteiger partial charge is 0.490 e. The van der Waals surface area contributed by atoms with Gasteiger partial charge in [-0.05, 0) is 63.5 Å². The van der Waals surface area contributed by atoms with Gasteiger partial charge in [0.15, 0.2) is 0 Å². The molecule has 112 valence electrons. The molecule has 2 nitrogen and oxygen atoms in total. The molecule has 1 fully saturated rings. The summed E-state index contributed by atoms with van der Waals surface area (Å²) in [5.74, 6) is 1.07. The van der Waals surface area contributed by atoms with Crippen LogP contribution in [0.5, 0.6) is 5.75 Å². The first-order chi connectivity index (χ1) is 9.36. The average molecular weight is 287 g/mol. The van der Waals surface area contributed by atoms with E-state index < -0.39 is 11.7 Å². The fourth-order valence-electron chi connectivity index (χ4n) is 2.14. The van der Waals surface area contributed by atoms with Crippen LogP contribution in [0.25, 0.3) is 0 Å². The van der Waals surface area contributed by atoms with Crippen molar-refractivity contribution in [1.29, 1.82) is 0 Å². The van der Waals surface area contributed by atoms with Crippen LogP contribution in [0.15, 0.2) is 24.3 Å². The lowest BCUT2D eigenvalue weighted by molar-refractivity contribution is -0.137. The number of hydrogen-bond donors (Lipinski definition) is 0. The summed E-state index contributed by atoms with van der Waals surface area (Å²) in [5, 5.41) is 0. The number of ether oxygens (including phenoxy) is 1. The summed E-state index contributed by atoms with van der Waals surface area (Å²) in [6, 6.07) is 4.97. The Balaban J connectivity index is 1.96. The van der Waals surface area contributed by atoms with Gasteiger partial charge in [-0.15, -0.1) is 0 Å². The van der Waals surface area contributed by atoms with E-state index in [9.17, 15) is 13.2 Å². The fourth-order valence-corrected chi connectivity index (χ4v) is 2.14. The lowest BCUT2D eigenvalue weighted by Crippen LogP contribution is -2.25. The van der Waals surface area contributed by atoms with E-state index in [1.807, 2.05) is 14.1 Å². The summed E-state index contributed by atoms with van der Waals surface area (Å²) in [5.41, 5.74) is -0.638. The lowest BCUT2D eigenvalue weighted by Gasteiger charge is -2.21. The van der Waals surface area contributed by atoms with Crippen LogP contribution in [0.3, 0.4) is 0 Å². The van der Waals surface area contributed by atoms with E-state index in [0.717, 1.165) is 37.9 Å². The maximum atomic E-state index is 12.5. The van der Waals surface area contributed by atoms with Crippen LogP contribution in [0.2, 0.25) is 0 Å². The minimum atomic E-state index is -4.29. The minimum Gasteiger partial charge on any atom is -0.490 e. The van der Waals surface area contributed by atoms with Gasteiger partial charge in [0, 0.05) is 6.54 Å². The number of alkyl halides is 3. The highest BCUT2D eigenvalue weighted by Crippen LogP contribution is 2.37. The molecule has 2 rings (SSSR count). The Labute approximate surface area is 117 Å². The number of nitrogens with zero attached hydrogens (tertiary/aromatic N) is 1. The smallest absolute Gasteiger partial charge is 0.416 e. The summed E-state index contributed by atoms with van der Waals surface area (Å²) in [6.45, 7) is 0.918. The lowest BCUT2D eigenvalue weighted by atomic mass is 10.1. The second-order valence-corrected chi connectivity index (χ2v) is 5.61. The normalized spacial score (nSPS) is 17.3. The van der Waals surface area contributed by atoms with Crippen molar-refractivity contribution in [2.45, 2.75) is 31.5 Å². The quantitative estimate of drug-likeness (QED) is 0.788. The molecule has 0 aromatic heterocycles. The van der Waals surface area contributed by atoms with E-state index >= 15 is 0 Å². The van der Waals surface area contributed by atoms with E-state index in [4.69, 9.17) is 4.74 Å². The Hall–Kier alpha value is -1.23. The van der Waals surface area contributed by atoms with Crippen molar-refractivity contribution >= 4 is 0 Å². The van der Waals surface area contributed by atoms with Crippen molar-refractivity contribution < 1.29 is 17.9 Å². The summed E-state index contributed by atoms with van der Waals surface area (Å²) in [4.78, 5) is 2.09. The van der Waals surface area contributed by atoms with Crippen molar-refractivity contribution in [1.82, 2.24) is 4.90 Å². The van der Waals surface area contributed by atoms with Gasteiger partial charge in [-0.3, -0.25) is 0 Å². The summed E-state index contributed by atoms with van der Waals surface area (Å²) in [6.07, 6.45) is -0.982. The summed E-state index contributed by atoms with van der Waals surface area (Å²) >= 11 is 0. The Morgan fingerprint density at radius 1 is 1.20 bits per heavy atom. The van der Waals surface area contributed by atoms with Gasteiger partial charge in [-0.25, -0.2) is 0 Å². The van der Waals surface area contributed by atoms with Crippen molar-refractivity contribution in [3.63, 3.8) is 0 Å². The zero-order valence-electron chi connectivity index (χ0n) is 11.8. The molecule has 1 aromatic carbocycles. The Bertz CT molecular complexity index is 424. The minimum absolute atomic E-state index is 0.106. The predicted molar refractivity (Wildman–Crippen MR) is 71.8 cm³/mol. The number of rotatable bonds is 6. The molecule has 0 bridgehead atoms. The van der Waals surface area contributed by atoms with Crippen molar-refractivity contribution in [3.05, 3.63) is 29.8 Å². The van der Waals surface area contributed by atoms with Crippen LogP contribution >= 0.6 is 0 Å². The zero-order chi connectivity index (χ0) is 14.8. The molecule has 0 radical (unpaired) electrons. The second-order valence-electron chi connectivity index (χ2n) is 5.61. The Morgan fingerprint density at radius 2 is 1.80 bits per heavy atom. The molecule has 0 aliphatic heterocycles. The van der Waals surface area contributed by atoms with Gasteiger partial charge in [-0.2, -0.15) is 13.2 Å². The molecule has 0 N–H and O–H groups in total. The second kappa shape index (κ2) is 6.04. The zero-order valence-corrected chi connectivity index (χ0v) is 11.8. The maximum Gasteiger partial charge on any atom is 0.416 e. The first kappa shape index (κ1) is 15.2. The highest BCUT2D eigenvalue weighted by atomic mass is 19.4. The fraction of sp³-hybridized carbons (Fsp3) is 0.600. The SMILES string of the molecule is CN(C)CCC(Oc1ccc(C(F)(F)F)cc1)C1CC1. The predicted octanol–water partition coefficient (Wildman–Crippen LogP) is 3.81. The van der Waals surface area contributed by atoms with E-state index in [2.05, 4.69) is 4.90 Å². The van der Waals surface area contributed by atoms with Gasteiger partial charge >= 0.3 is 6.18 Å². The van der Waals surface area contributed by atoms with Gasteiger partial charge in [-0.1, -0.05) is 0 Å². The third kappa shape index (κ3) is 4.40. The highest BCUT2D eigenvalue weighted by Gasteiger charge is 2.33. The van der Waals surface area contributed by atoms with E-state index in [0.29, 0.717) is 11.7 Å². The van der Waals surface area contributed by atoms with Crippen LogP contribution in [0.1, 0.15) is 24.8 Å². The molecular weight excluding hydrogens is 267 g/mol. The molecule has 0 spiro atoms. The van der Waals surface area contributed by atoms with Gasteiger partial charge < -0.3 is 9.64 Å². The molecule has 0 amide bonds. The third-order valence-electron chi connectivity index (χ3n) is 3.48. The number of halogens is 3. The first-order valence-corrected chi connectivity index (χ1v) is 6.85. The van der Waals surface area contributed by atoms with Crippen LogP contribution in [-0.4, -0.2) is 31.6 Å². The maximum absolute atomic E-state index is 12.5. The monoisotopic (exact) mass is 287 g/mol. The summed E-state index contributed by atoms with van der Waals surface area (Å²) in [7, 11) is 4.00.